The van der Waals surface area contributed by atoms with Gasteiger partial charge in [0.25, 0.3) is 5.82 Å². The monoisotopic (exact) mass is 208 g/mol. The van der Waals surface area contributed by atoms with Gasteiger partial charge in [0.1, 0.15) is 0 Å². The molecule has 0 fully saturated rings. The van der Waals surface area contributed by atoms with Gasteiger partial charge in [0.15, 0.2) is 0 Å². The second kappa shape index (κ2) is 4.39. The molecule has 1 rings (SSSR count). The van der Waals surface area contributed by atoms with Gasteiger partial charge in [0.2, 0.25) is 0 Å². The lowest BCUT2D eigenvalue weighted by Crippen LogP contribution is -2.16. The summed E-state index contributed by atoms with van der Waals surface area (Å²) >= 11 is 0. The molecule has 0 N–H and O–H groups in total. The summed E-state index contributed by atoms with van der Waals surface area (Å²) in [5.74, 6) is -1.02. The van der Waals surface area contributed by atoms with E-state index in [1.165, 1.54) is 0 Å². The Bertz CT molecular complexity index is 281. The van der Waals surface area contributed by atoms with Crippen molar-refractivity contribution in [2.45, 2.75) is 38.9 Å². The van der Waals surface area contributed by atoms with Crippen molar-refractivity contribution >= 4 is 0 Å². The van der Waals surface area contributed by atoms with Crippen LogP contribution in [0.2, 0.25) is 0 Å². The summed E-state index contributed by atoms with van der Waals surface area (Å²) in [7, 11) is 0. The summed E-state index contributed by atoms with van der Waals surface area (Å²) in [6.07, 6.45) is -1.99. The Morgan fingerprint density at radius 3 is 2.57 bits per heavy atom. The fourth-order valence-corrected chi connectivity index (χ4v) is 1.07. The Balaban J connectivity index is 2.63. The smallest absolute Gasteiger partial charge is 0.222 e. The summed E-state index contributed by atoms with van der Waals surface area (Å²) in [6, 6.07) is 0. The Morgan fingerprint density at radius 1 is 1.29 bits per heavy atom. The number of aromatic nitrogens is 4. The first-order valence-electron chi connectivity index (χ1n) is 4.39. The molecule has 0 radical (unpaired) electrons. The van der Waals surface area contributed by atoms with Crippen molar-refractivity contribution < 1.29 is 13.2 Å². The SMILES string of the molecule is CCCCCn1nnnc1C(F)(F)F. The van der Waals surface area contributed by atoms with Crippen molar-refractivity contribution in [3.63, 3.8) is 0 Å². The average Bonchev–Trinajstić information content (AvgIpc) is 2.52. The van der Waals surface area contributed by atoms with Gasteiger partial charge < -0.3 is 0 Å². The minimum atomic E-state index is -4.46. The second-order valence-corrected chi connectivity index (χ2v) is 2.93. The third-order valence-corrected chi connectivity index (χ3v) is 1.76. The highest BCUT2D eigenvalue weighted by atomic mass is 19.4. The summed E-state index contributed by atoms with van der Waals surface area (Å²) in [4.78, 5) is 0. The molecule has 0 aliphatic rings. The summed E-state index contributed by atoms with van der Waals surface area (Å²) in [5, 5.41) is 9.24. The first-order valence-corrected chi connectivity index (χ1v) is 4.39. The van der Waals surface area contributed by atoms with Crippen LogP contribution < -0.4 is 0 Å². The van der Waals surface area contributed by atoms with E-state index in [9.17, 15) is 13.2 Å². The first-order chi connectivity index (χ1) is 6.55. The summed E-state index contributed by atoms with van der Waals surface area (Å²) in [5.41, 5.74) is 0. The van der Waals surface area contributed by atoms with Crippen LogP contribution in [0.15, 0.2) is 0 Å². The van der Waals surface area contributed by atoms with Crippen molar-refractivity contribution in [2.75, 3.05) is 0 Å². The van der Waals surface area contributed by atoms with Crippen LogP contribution in [-0.4, -0.2) is 20.2 Å². The van der Waals surface area contributed by atoms with E-state index < -0.39 is 12.0 Å². The molecule has 7 heteroatoms. The van der Waals surface area contributed by atoms with E-state index in [1.54, 1.807) is 0 Å². The molecule has 0 aromatic carbocycles. The lowest BCUT2D eigenvalue weighted by atomic mass is 10.2. The number of rotatable bonds is 4. The van der Waals surface area contributed by atoms with Crippen LogP contribution in [-0.2, 0) is 12.7 Å². The topological polar surface area (TPSA) is 43.6 Å². The first kappa shape index (κ1) is 10.9. The van der Waals surface area contributed by atoms with E-state index in [4.69, 9.17) is 0 Å². The zero-order valence-electron chi connectivity index (χ0n) is 7.75. The molecule has 0 aliphatic heterocycles. The minimum Gasteiger partial charge on any atom is -0.222 e. The third kappa shape index (κ3) is 2.68. The fourth-order valence-electron chi connectivity index (χ4n) is 1.07. The third-order valence-electron chi connectivity index (χ3n) is 1.76. The summed E-state index contributed by atoms with van der Waals surface area (Å²) in [6.45, 7) is 2.19. The van der Waals surface area contributed by atoms with E-state index in [0.29, 0.717) is 6.42 Å². The van der Waals surface area contributed by atoms with Crippen LogP contribution in [0.3, 0.4) is 0 Å². The van der Waals surface area contributed by atoms with Crippen LogP contribution in [0.5, 0.6) is 0 Å². The molecule has 0 spiro atoms. The molecular weight excluding hydrogens is 197 g/mol. The van der Waals surface area contributed by atoms with Crippen molar-refractivity contribution in [3.8, 4) is 0 Å². The maximum Gasteiger partial charge on any atom is 0.453 e. The van der Waals surface area contributed by atoms with Crippen LogP contribution in [0.25, 0.3) is 0 Å². The second-order valence-electron chi connectivity index (χ2n) is 2.93. The van der Waals surface area contributed by atoms with Gasteiger partial charge in [-0.05, 0) is 16.8 Å². The van der Waals surface area contributed by atoms with Gasteiger partial charge in [0.05, 0.1) is 0 Å². The molecule has 0 unspecified atom stereocenters. The van der Waals surface area contributed by atoms with E-state index in [1.807, 2.05) is 6.92 Å². The largest absolute Gasteiger partial charge is 0.453 e. The van der Waals surface area contributed by atoms with Gasteiger partial charge in [-0.25, -0.2) is 4.68 Å². The van der Waals surface area contributed by atoms with Gasteiger partial charge in [-0.1, -0.05) is 19.8 Å². The standard InChI is InChI=1S/C7H11F3N4/c1-2-3-4-5-14-6(7(8,9)10)11-12-13-14/h2-5H2,1H3. The molecule has 0 amide bonds. The highest BCUT2D eigenvalue weighted by Gasteiger charge is 2.37. The Labute approximate surface area is 79.1 Å². The maximum absolute atomic E-state index is 12.2. The molecular formula is C7H11F3N4. The molecule has 80 valence electrons. The van der Waals surface area contributed by atoms with Gasteiger partial charge in [0, 0.05) is 6.54 Å². The fraction of sp³-hybridized carbons (Fsp3) is 0.857. The number of alkyl halides is 3. The van der Waals surface area contributed by atoms with E-state index in [0.717, 1.165) is 17.5 Å². The van der Waals surface area contributed by atoms with Crippen molar-refractivity contribution in [1.82, 2.24) is 20.2 Å². The quantitative estimate of drug-likeness (QED) is 0.709. The predicted molar refractivity (Wildman–Crippen MR) is 42.3 cm³/mol. The minimum absolute atomic E-state index is 0.218. The number of hydrogen-bond acceptors (Lipinski definition) is 3. The predicted octanol–water partition coefficient (Wildman–Crippen LogP) is 1.88. The highest BCUT2D eigenvalue weighted by molar-refractivity contribution is 4.86. The summed E-state index contributed by atoms with van der Waals surface area (Å²) < 4.78 is 37.5. The van der Waals surface area contributed by atoms with Crippen molar-refractivity contribution in [2.24, 2.45) is 0 Å². The van der Waals surface area contributed by atoms with Crippen molar-refractivity contribution in [3.05, 3.63) is 5.82 Å². The van der Waals surface area contributed by atoms with Crippen molar-refractivity contribution in [1.29, 1.82) is 0 Å². The molecule has 0 saturated carbocycles. The number of aryl methyl sites for hydroxylation is 1. The number of hydrogen-bond donors (Lipinski definition) is 0. The van der Waals surface area contributed by atoms with E-state index >= 15 is 0 Å². The molecule has 0 saturated heterocycles. The molecule has 14 heavy (non-hydrogen) atoms. The Hall–Kier alpha value is -1.14. The van der Waals surface area contributed by atoms with E-state index in [-0.39, 0.29) is 6.54 Å². The molecule has 1 aromatic rings. The highest BCUT2D eigenvalue weighted by Crippen LogP contribution is 2.26. The number of nitrogens with zero attached hydrogens (tertiary/aromatic N) is 4. The molecule has 4 nitrogen and oxygen atoms in total. The zero-order chi connectivity index (χ0) is 10.6. The van der Waals surface area contributed by atoms with Gasteiger partial charge in [-0.15, -0.1) is 5.10 Å². The Morgan fingerprint density at radius 2 is 2.00 bits per heavy atom. The van der Waals surface area contributed by atoms with Gasteiger partial charge in [-0.2, -0.15) is 13.2 Å². The molecule has 1 heterocycles. The molecule has 1 aromatic heterocycles. The zero-order valence-corrected chi connectivity index (χ0v) is 7.75. The van der Waals surface area contributed by atoms with Crippen LogP contribution in [0.1, 0.15) is 32.0 Å². The van der Waals surface area contributed by atoms with Gasteiger partial charge in [-0.3, -0.25) is 0 Å². The van der Waals surface area contributed by atoms with Gasteiger partial charge >= 0.3 is 6.18 Å². The molecule has 0 bridgehead atoms. The lowest BCUT2D eigenvalue weighted by Gasteiger charge is -2.06. The lowest BCUT2D eigenvalue weighted by molar-refractivity contribution is -0.148. The van der Waals surface area contributed by atoms with Crippen LogP contribution in [0.4, 0.5) is 13.2 Å². The Kier molecular flexibility index (Phi) is 3.43. The average molecular weight is 208 g/mol. The number of tetrazole rings is 1. The molecule has 0 atom stereocenters. The maximum atomic E-state index is 12.2. The van der Waals surface area contributed by atoms with E-state index in [2.05, 4.69) is 15.5 Å². The normalized spacial score (nSPS) is 12.0. The van der Waals surface area contributed by atoms with Crippen LogP contribution in [0, 0.1) is 0 Å². The molecule has 0 aliphatic carbocycles. The number of unbranched alkanes of at least 4 members (excludes halogenated alkanes) is 2. The number of halogens is 3. The van der Waals surface area contributed by atoms with Crippen LogP contribution >= 0.6 is 0 Å².